The van der Waals surface area contributed by atoms with E-state index in [1.807, 2.05) is 24.3 Å². The number of hydrogen-bond acceptors (Lipinski definition) is 3. The summed E-state index contributed by atoms with van der Waals surface area (Å²) in [5, 5.41) is 4.14. The molecule has 0 bridgehead atoms. The Bertz CT molecular complexity index is 976. The van der Waals surface area contributed by atoms with Gasteiger partial charge >= 0.3 is 6.03 Å². The first-order valence-corrected chi connectivity index (χ1v) is 7.16. The lowest BCUT2D eigenvalue weighted by molar-refractivity contribution is 0.156. The average Bonchev–Trinajstić information content (AvgIpc) is 2.90. The predicted molar refractivity (Wildman–Crippen MR) is 82.1 cm³/mol. The lowest BCUT2D eigenvalue weighted by atomic mass is 10.1. The number of amides is 1. The molecule has 3 aromatic rings. The van der Waals surface area contributed by atoms with Gasteiger partial charge < -0.3 is 0 Å². The van der Waals surface area contributed by atoms with Crippen LogP contribution in [0, 0.1) is 5.82 Å². The molecule has 1 aliphatic rings. The van der Waals surface area contributed by atoms with Crippen LogP contribution in [0.25, 0.3) is 10.9 Å². The minimum atomic E-state index is -0.505. The Labute approximate surface area is 130 Å². The second kappa shape index (κ2) is 5.06. The second-order valence-electron chi connectivity index (χ2n) is 5.41. The monoisotopic (exact) mass is 312 g/mol. The van der Waals surface area contributed by atoms with Gasteiger partial charge in [0.2, 0.25) is 0 Å². The highest BCUT2D eigenvalue weighted by atomic mass is 19.1. The quantitative estimate of drug-likeness (QED) is 0.666. The number of hydrogen-bond donors (Lipinski definition) is 2. The standard InChI is InChI=1S/C16H13FN4O2/c17-12-5-6-13-14(7-12)21(19-15(13)22)16(23)20-9-11-4-2-1-3-10(11)8-18-20/h1-7,18H,8-9H2,(H,19,22). The van der Waals surface area contributed by atoms with E-state index < -0.39 is 17.4 Å². The van der Waals surface area contributed by atoms with Crippen molar-refractivity contribution in [2.45, 2.75) is 13.1 Å². The lowest BCUT2D eigenvalue weighted by Gasteiger charge is -2.29. The number of nitrogens with one attached hydrogen (secondary N) is 2. The smallest absolute Gasteiger partial charge is 0.267 e. The molecule has 2 heterocycles. The average molecular weight is 312 g/mol. The molecule has 1 amide bonds. The Morgan fingerprint density at radius 1 is 1.13 bits per heavy atom. The topological polar surface area (TPSA) is 70.1 Å². The highest BCUT2D eigenvalue weighted by Gasteiger charge is 2.23. The zero-order valence-corrected chi connectivity index (χ0v) is 12.0. The molecule has 0 atom stereocenters. The van der Waals surface area contributed by atoms with Crippen LogP contribution in [0.5, 0.6) is 0 Å². The first-order valence-electron chi connectivity index (χ1n) is 7.16. The van der Waals surface area contributed by atoms with Crippen molar-refractivity contribution in [1.82, 2.24) is 20.2 Å². The van der Waals surface area contributed by atoms with E-state index in [0.717, 1.165) is 15.8 Å². The van der Waals surface area contributed by atoms with Crippen molar-refractivity contribution in [2.75, 3.05) is 0 Å². The van der Waals surface area contributed by atoms with Gasteiger partial charge in [0.25, 0.3) is 5.56 Å². The van der Waals surface area contributed by atoms with Crippen molar-refractivity contribution in [2.24, 2.45) is 0 Å². The van der Waals surface area contributed by atoms with E-state index in [-0.39, 0.29) is 10.9 Å². The van der Waals surface area contributed by atoms with Crippen LogP contribution < -0.4 is 11.0 Å². The molecule has 116 valence electrons. The molecule has 2 N–H and O–H groups in total. The van der Waals surface area contributed by atoms with Crippen LogP contribution in [0.1, 0.15) is 11.1 Å². The number of fused-ring (bicyclic) bond motifs is 2. The normalized spacial score (nSPS) is 14.0. The number of rotatable bonds is 0. The van der Waals surface area contributed by atoms with Gasteiger partial charge in [-0.25, -0.2) is 19.3 Å². The number of hydrazine groups is 1. The lowest BCUT2D eigenvalue weighted by Crippen LogP contribution is -2.47. The van der Waals surface area contributed by atoms with Gasteiger partial charge in [-0.15, -0.1) is 0 Å². The van der Waals surface area contributed by atoms with Crippen LogP contribution in [-0.2, 0) is 13.1 Å². The van der Waals surface area contributed by atoms with Crippen LogP contribution in [0.15, 0.2) is 47.3 Å². The number of aromatic amines is 1. The molecule has 1 aromatic heterocycles. The SMILES string of the molecule is O=C(N1Cc2ccccc2CN1)n1[nH]c(=O)c2ccc(F)cc21. The second-order valence-corrected chi connectivity index (χ2v) is 5.41. The highest BCUT2D eigenvalue weighted by Crippen LogP contribution is 2.18. The van der Waals surface area contributed by atoms with Crippen molar-refractivity contribution >= 4 is 16.9 Å². The molecule has 2 aromatic carbocycles. The van der Waals surface area contributed by atoms with E-state index in [4.69, 9.17) is 0 Å². The van der Waals surface area contributed by atoms with Crippen LogP contribution in [0.4, 0.5) is 9.18 Å². The van der Waals surface area contributed by atoms with Crippen LogP contribution >= 0.6 is 0 Å². The first-order chi connectivity index (χ1) is 11.1. The third-order valence-corrected chi connectivity index (χ3v) is 3.99. The number of nitrogens with zero attached hydrogens (tertiary/aromatic N) is 2. The third-order valence-electron chi connectivity index (χ3n) is 3.99. The zero-order chi connectivity index (χ0) is 16.0. The molecular weight excluding hydrogens is 299 g/mol. The molecule has 0 radical (unpaired) electrons. The van der Waals surface area contributed by atoms with Gasteiger partial charge in [0.05, 0.1) is 17.4 Å². The van der Waals surface area contributed by atoms with E-state index in [1.165, 1.54) is 23.2 Å². The number of benzene rings is 2. The molecule has 0 saturated carbocycles. The fourth-order valence-corrected chi connectivity index (χ4v) is 2.80. The van der Waals surface area contributed by atoms with Gasteiger partial charge in [-0.1, -0.05) is 24.3 Å². The zero-order valence-electron chi connectivity index (χ0n) is 12.0. The number of carbonyl (C=O) groups excluding carboxylic acids is 1. The minimum absolute atomic E-state index is 0.223. The fourth-order valence-electron chi connectivity index (χ4n) is 2.80. The van der Waals surface area contributed by atoms with E-state index >= 15 is 0 Å². The summed E-state index contributed by atoms with van der Waals surface area (Å²) in [4.78, 5) is 24.6. The number of halogens is 1. The molecule has 4 rings (SSSR count). The Balaban J connectivity index is 1.73. The Hall–Kier alpha value is -2.93. The molecule has 6 nitrogen and oxygen atoms in total. The summed E-state index contributed by atoms with van der Waals surface area (Å²) in [5.41, 5.74) is 4.96. The Morgan fingerprint density at radius 3 is 2.74 bits per heavy atom. The maximum Gasteiger partial charge on any atom is 0.358 e. The molecule has 0 aliphatic carbocycles. The van der Waals surface area contributed by atoms with E-state index in [2.05, 4.69) is 10.5 Å². The van der Waals surface area contributed by atoms with Crippen LogP contribution in [-0.4, -0.2) is 20.8 Å². The summed E-state index contributed by atoms with van der Waals surface area (Å²) >= 11 is 0. The molecule has 0 saturated heterocycles. The van der Waals surface area contributed by atoms with E-state index in [9.17, 15) is 14.0 Å². The number of aromatic nitrogens is 2. The van der Waals surface area contributed by atoms with E-state index in [0.29, 0.717) is 13.1 Å². The summed E-state index contributed by atoms with van der Waals surface area (Å²) < 4.78 is 14.5. The van der Waals surface area contributed by atoms with Gasteiger partial charge in [0.15, 0.2) is 0 Å². The third kappa shape index (κ3) is 2.22. The van der Waals surface area contributed by atoms with Crippen LogP contribution in [0.2, 0.25) is 0 Å². The minimum Gasteiger partial charge on any atom is -0.267 e. The molecule has 0 spiro atoms. The van der Waals surface area contributed by atoms with Gasteiger partial charge in [-0.2, -0.15) is 0 Å². The van der Waals surface area contributed by atoms with Gasteiger partial charge in [-0.05, 0) is 23.3 Å². The van der Waals surface area contributed by atoms with E-state index in [1.54, 1.807) is 0 Å². The molecule has 1 aliphatic heterocycles. The molecule has 7 heteroatoms. The maximum atomic E-state index is 13.5. The van der Waals surface area contributed by atoms with Crippen LogP contribution in [0.3, 0.4) is 0 Å². The summed E-state index contributed by atoms with van der Waals surface area (Å²) in [7, 11) is 0. The molecule has 0 unspecified atom stereocenters. The highest BCUT2D eigenvalue weighted by molar-refractivity contribution is 5.89. The molecule has 23 heavy (non-hydrogen) atoms. The van der Waals surface area contributed by atoms with Crippen molar-refractivity contribution in [1.29, 1.82) is 0 Å². The Kier molecular flexibility index (Phi) is 3.02. The molecule has 0 fully saturated rings. The van der Waals surface area contributed by atoms with Gasteiger partial charge in [0, 0.05) is 12.6 Å². The van der Waals surface area contributed by atoms with Gasteiger partial charge in [0.1, 0.15) is 5.82 Å². The van der Waals surface area contributed by atoms with Crippen molar-refractivity contribution in [3.05, 3.63) is 69.8 Å². The number of H-pyrrole nitrogens is 1. The predicted octanol–water partition coefficient (Wildman–Crippen LogP) is 1.96. The van der Waals surface area contributed by atoms with Crippen molar-refractivity contribution in [3.63, 3.8) is 0 Å². The maximum absolute atomic E-state index is 13.5. The van der Waals surface area contributed by atoms with Gasteiger partial charge in [-0.3, -0.25) is 14.9 Å². The summed E-state index contributed by atoms with van der Waals surface area (Å²) in [6, 6.07) is 11.1. The van der Waals surface area contributed by atoms with Crippen molar-refractivity contribution in [3.8, 4) is 0 Å². The number of carbonyl (C=O) groups is 1. The van der Waals surface area contributed by atoms with Crippen molar-refractivity contribution < 1.29 is 9.18 Å². The fraction of sp³-hybridized carbons (Fsp3) is 0.125. The molecular formula is C16H13FN4O2. The largest absolute Gasteiger partial charge is 0.358 e. The Morgan fingerprint density at radius 2 is 1.91 bits per heavy atom. The first kappa shape index (κ1) is 13.7. The summed E-state index contributed by atoms with van der Waals surface area (Å²) in [5.74, 6) is -0.505. The summed E-state index contributed by atoms with van der Waals surface area (Å²) in [6.07, 6.45) is 0. The summed E-state index contributed by atoms with van der Waals surface area (Å²) in [6.45, 7) is 0.881.